The van der Waals surface area contributed by atoms with Crippen LogP contribution in [0.15, 0.2) is 42.5 Å². The van der Waals surface area contributed by atoms with E-state index in [0.29, 0.717) is 18.8 Å². The summed E-state index contributed by atoms with van der Waals surface area (Å²) in [6, 6.07) is 13.8. The van der Waals surface area contributed by atoms with E-state index < -0.39 is 0 Å². The van der Waals surface area contributed by atoms with Gasteiger partial charge in [-0.2, -0.15) is 5.10 Å². The average Bonchev–Trinajstić information content (AvgIpc) is 2.96. The molecule has 1 saturated heterocycles. The van der Waals surface area contributed by atoms with E-state index in [1.807, 2.05) is 56.3 Å². The fourth-order valence-corrected chi connectivity index (χ4v) is 3.11. The number of carbonyl (C=O) groups is 1. The maximum absolute atomic E-state index is 12.6. The SMILES string of the molecule is Cc1cccc(C)c1OC1CN(C(=O)c2n[nH]c3ccccc23)C1. The summed E-state index contributed by atoms with van der Waals surface area (Å²) in [5, 5.41) is 7.95. The Morgan fingerprint density at radius 2 is 1.83 bits per heavy atom. The van der Waals surface area contributed by atoms with Gasteiger partial charge in [0.25, 0.3) is 5.91 Å². The summed E-state index contributed by atoms with van der Waals surface area (Å²) in [6.45, 7) is 5.27. The van der Waals surface area contributed by atoms with Gasteiger partial charge in [0.1, 0.15) is 11.9 Å². The Balaban J connectivity index is 1.45. The number of likely N-dealkylation sites (tertiary alicyclic amines) is 1. The van der Waals surface area contributed by atoms with Gasteiger partial charge in [-0.3, -0.25) is 9.89 Å². The van der Waals surface area contributed by atoms with Gasteiger partial charge in [-0.1, -0.05) is 36.4 Å². The number of fused-ring (bicyclic) bond motifs is 1. The maximum Gasteiger partial charge on any atom is 0.275 e. The van der Waals surface area contributed by atoms with E-state index in [0.717, 1.165) is 27.8 Å². The Hall–Kier alpha value is -2.82. The van der Waals surface area contributed by atoms with E-state index in [9.17, 15) is 4.79 Å². The fraction of sp³-hybridized carbons (Fsp3) is 0.263. The molecule has 0 saturated carbocycles. The zero-order valence-corrected chi connectivity index (χ0v) is 13.7. The first-order chi connectivity index (χ1) is 11.6. The minimum absolute atomic E-state index is 0.0407. The zero-order chi connectivity index (χ0) is 16.7. The molecule has 1 aliphatic rings. The van der Waals surface area contributed by atoms with Crippen molar-refractivity contribution in [2.24, 2.45) is 0 Å². The van der Waals surface area contributed by atoms with Crippen LogP contribution in [0, 0.1) is 13.8 Å². The molecule has 0 bridgehead atoms. The van der Waals surface area contributed by atoms with Crippen LogP contribution in [0.1, 0.15) is 21.6 Å². The summed E-state index contributed by atoms with van der Waals surface area (Å²) in [4.78, 5) is 14.4. The van der Waals surface area contributed by atoms with Gasteiger partial charge in [-0.25, -0.2) is 0 Å². The van der Waals surface area contributed by atoms with Gasteiger partial charge >= 0.3 is 0 Å². The largest absolute Gasteiger partial charge is 0.486 e. The van der Waals surface area contributed by atoms with Crippen molar-refractivity contribution in [1.82, 2.24) is 15.1 Å². The third-order valence-electron chi connectivity index (χ3n) is 4.50. The highest BCUT2D eigenvalue weighted by Crippen LogP contribution is 2.27. The van der Waals surface area contributed by atoms with Gasteiger partial charge in [0.2, 0.25) is 0 Å². The van der Waals surface area contributed by atoms with Gasteiger partial charge < -0.3 is 9.64 Å². The van der Waals surface area contributed by atoms with Crippen molar-refractivity contribution in [1.29, 1.82) is 0 Å². The normalized spacial score (nSPS) is 14.7. The molecule has 0 unspecified atom stereocenters. The summed E-state index contributed by atoms with van der Waals surface area (Å²) in [7, 11) is 0. The standard InChI is InChI=1S/C19H19N3O2/c1-12-6-5-7-13(2)18(12)24-14-10-22(11-14)19(23)17-15-8-3-4-9-16(15)20-21-17/h3-9,14H,10-11H2,1-2H3,(H,20,21). The number of aromatic amines is 1. The molecular weight excluding hydrogens is 302 g/mol. The van der Waals surface area contributed by atoms with Crippen molar-refractivity contribution in [2.75, 3.05) is 13.1 Å². The molecule has 0 atom stereocenters. The minimum atomic E-state index is -0.0474. The number of nitrogens with one attached hydrogen (secondary N) is 1. The van der Waals surface area contributed by atoms with Gasteiger partial charge in [0.05, 0.1) is 18.6 Å². The Morgan fingerprint density at radius 1 is 1.12 bits per heavy atom. The molecular formula is C19H19N3O2. The number of H-pyrrole nitrogens is 1. The number of ether oxygens (including phenoxy) is 1. The van der Waals surface area contributed by atoms with E-state index in [2.05, 4.69) is 10.2 Å². The number of rotatable bonds is 3. The van der Waals surface area contributed by atoms with Crippen LogP contribution >= 0.6 is 0 Å². The highest BCUT2D eigenvalue weighted by atomic mass is 16.5. The number of hydrogen-bond acceptors (Lipinski definition) is 3. The van der Waals surface area contributed by atoms with Crippen molar-refractivity contribution in [2.45, 2.75) is 20.0 Å². The Kier molecular flexibility index (Phi) is 3.49. The monoisotopic (exact) mass is 321 g/mol. The van der Waals surface area contributed by atoms with Crippen molar-refractivity contribution < 1.29 is 9.53 Å². The minimum Gasteiger partial charge on any atom is -0.486 e. The first-order valence-electron chi connectivity index (χ1n) is 8.09. The molecule has 1 aliphatic heterocycles. The summed E-state index contributed by atoms with van der Waals surface area (Å²) in [6.07, 6.45) is 0.0407. The lowest BCUT2D eigenvalue weighted by atomic mass is 10.1. The molecule has 1 N–H and O–H groups in total. The fourth-order valence-electron chi connectivity index (χ4n) is 3.11. The number of amides is 1. The summed E-state index contributed by atoms with van der Waals surface area (Å²) in [5.74, 6) is 0.883. The molecule has 5 nitrogen and oxygen atoms in total. The van der Waals surface area contributed by atoms with Gasteiger partial charge in [0.15, 0.2) is 5.69 Å². The summed E-state index contributed by atoms with van der Waals surface area (Å²) in [5.41, 5.74) is 3.61. The first-order valence-corrected chi connectivity index (χ1v) is 8.09. The molecule has 2 heterocycles. The number of para-hydroxylation sites is 2. The van der Waals surface area contributed by atoms with Crippen molar-refractivity contribution in [3.05, 3.63) is 59.3 Å². The molecule has 122 valence electrons. The molecule has 0 aliphatic carbocycles. The smallest absolute Gasteiger partial charge is 0.275 e. The summed E-state index contributed by atoms with van der Waals surface area (Å²) >= 11 is 0. The van der Waals surface area contributed by atoms with E-state index in [1.54, 1.807) is 4.90 Å². The molecule has 1 amide bonds. The highest BCUT2D eigenvalue weighted by molar-refractivity contribution is 6.04. The lowest BCUT2D eigenvalue weighted by Gasteiger charge is -2.39. The van der Waals surface area contributed by atoms with E-state index in [4.69, 9.17) is 4.74 Å². The first kappa shape index (κ1) is 14.8. The predicted molar refractivity (Wildman–Crippen MR) is 92.3 cm³/mol. The Morgan fingerprint density at radius 3 is 2.58 bits per heavy atom. The number of aryl methyl sites for hydroxylation is 2. The lowest BCUT2D eigenvalue weighted by Crippen LogP contribution is -2.56. The number of hydrogen-bond donors (Lipinski definition) is 1. The third-order valence-corrected chi connectivity index (χ3v) is 4.50. The second-order valence-corrected chi connectivity index (χ2v) is 6.29. The predicted octanol–water partition coefficient (Wildman–Crippen LogP) is 3.08. The zero-order valence-electron chi connectivity index (χ0n) is 13.7. The lowest BCUT2D eigenvalue weighted by molar-refractivity contribution is 0.0170. The highest BCUT2D eigenvalue weighted by Gasteiger charge is 2.34. The number of nitrogens with zero attached hydrogens (tertiary/aromatic N) is 2. The molecule has 1 fully saturated rings. The molecule has 3 aromatic rings. The van der Waals surface area contributed by atoms with Crippen LogP contribution in [0.5, 0.6) is 5.75 Å². The van der Waals surface area contributed by atoms with Crippen LogP contribution in [0.2, 0.25) is 0 Å². The van der Waals surface area contributed by atoms with Crippen LogP contribution in [-0.4, -0.2) is 40.2 Å². The Labute approximate surface area is 140 Å². The second-order valence-electron chi connectivity index (χ2n) is 6.29. The molecule has 0 spiro atoms. The molecule has 4 rings (SSSR count). The Bertz CT molecular complexity index is 890. The number of benzene rings is 2. The van der Waals surface area contributed by atoms with Crippen molar-refractivity contribution >= 4 is 16.8 Å². The van der Waals surface area contributed by atoms with Crippen molar-refractivity contribution in [3.8, 4) is 5.75 Å². The van der Waals surface area contributed by atoms with Crippen LogP contribution in [0.4, 0.5) is 0 Å². The molecule has 5 heteroatoms. The molecule has 2 aromatic carbocycles. The van der Waals surface area contributed by atoms with Crippen LogP contribution in [-0.2, 0) is 0 Å². The van der Waals surface area contributed by atoms with Crippen LogP contribution in [0.25, 0.3) is 10.9 Å². The van der Waals surface area contributed by atoms with Crippen molar-refractivity contribution in [3.63, 3.8) is 0 Å². The topological polar surface area (TPSA) is 58.2 Å². The van der Waals surface area contributed by atoms with Crippen LogP contribution in [0.3, 0.4) is 0 Å². The summed E-state index contributed by atoms with van der Waals surface area (Å²) < 4.78 is 6.08. The van der Waals surface area contributed by atoms with E-state index >= 15 is 0 Å². The molecule has 0 radical (unpaired) electrons. The van der Waals surface area contributed by atoms with Gasteiger partial charge in [0, 0.05) is 5.39 Å². The molecule has 24 heavy (non-hydrogen) atoms. The quantitative estimate of drug-likeness (QED) is 0.806. The van der Waals surface area contributed by atoms with Crippen LogP contribution < -0.4 is 4.74 Å². The molecule has 1 aromatic heterocycles. The third kappa shape index (κ3) is 2.42. The average molecular weight is 321 g/mol. The van der Waals surface area contributed by atoms with Gasteiger partial charge in [-0.05, 0) is 31.0 Å². The number of aromatic nitrogens is 2. The number of carbonyl (C=O) groups excluding carboxylic acids is 1. The van der Waals surface area contributed by atoms with E-state index in [1.165, 1.54) is 0 Å². The second kappa shape index (κ2) is 5.67. The van der Waals surface area contributed by atoms with E-state index in [-0.39, 0.29) is 12.0 Å². The maximum atomic E-state index is 12.6. The van der Waals surface area contributed by atoms with Gasteiger partial charge in [-0.15, -0.1) is 0 Å².